The van der Waals surface area contributed by atoms with Crippen LogP contribution in [0.3, 0.4) is 0 Å². The first-order valence-corrected chi connectivity index (χ1v) is 21.5. The Hall–Kier alpha value is -8.40. The number of benzene rings is 11. The molecule has 0 spiro atoms. The van der Waals surface area contributed by atoms with Crippen LogP contribution in [0.2, 0.25) is 0 Å². The van der Waals surface area contributed by atoms with Crippen LogP contribution in [0.4, 0.5) is 17.1 Å². The molecule has 13 aromatic rings. The van der Waals surface area contributed by atoms with Crippen molar-refractivity contribution in [3.05, 3.63) is 224 Å². The zero-order valence-corrected chi connectivity index (χ0v) is 34.1. The zero-order chi connectivity index (χ0) is 41.4. The summed E-state index contributed by atoms with van der Waals surface area (Å²) in [5, 5.41) is 11.8. The zero-order valence-electron chi connectivity index (χ0n) is 34.1. The van der Waals surface area contributed by atoms with E-state index < -0.39 is 0 Å². The third kappa shape index (κ3) is 5.67. The maximum atomic E-state index is 6.82. The second-order valence-electron chi connectivity index (χ2n) is 16.4. The Kier molecular flexibility index (Phi) is 7.91. The molecule has 0 aliphatic heterocycles. The lowest BCUT2D eigenvalue weighted by molar-refractivity contribution is 0.670. The van der Waals surface area contributed by atoms with Gasteiger partial charge in [0.2, 0.25) is 0 Å². The molecule has 0 bridgehead atoms. The molecule has 0 unspecified atom stereocenters. The molecule has 0 N–H and O–H groups in total. The average molecular weight is 804 g/mol. The first-order valence-electron chi connectivity index (χ1n) is 21.5. The normalized spacial score (nSPS) is 11.8. The largest absolute Gasteiger partial charge is 0.455 e. The van der Waals surface area contributed by atoms with Gasteiger partial charge in [-0.2, -0.15) is 0 Å². The molecule has 0 radical (unpaired) electrons. The minimum atomic E-state index is 0.878. The molecule has 0 fully saturated rings. The van der Waals surface area contributed by atoms with Gasteiger partial charge in [0.05, 0.1) is 5.69 Å². The Morgan fingerprint density at radius 3 is 1.54 bits per heavy atom. The molecule has 3 heteroatoms. The summed E-state index contributed by atoms with van der Waals surface area (Å²) in [6.45, 7) is 0. The third-order valence-corrected chi connectivity index (χ3v) is 12.8. The fraction of sp³-hybridized carbons (Fsp3) is 0. The van der Waals surface area contributed by atoms with Crippen LogP contribution < -0.4 is 4.90 Å². The van der Waals surface area contributed by atoms with Crippen LogP contribution in [0.1, 0.15) is 0 Å². The highest BCUT2D eigenvalue weighted by atomic mass is 16.3. The van der Waals surface area contributed by atoms with E-state index in [1.807, 2.05) is 12.1 Å². The molecule has 11 aromatic carbocycles. The second-order valence-corrected chi connectivity index (χ2v) is 16.4. The van der Waals surface area contributed by atoms with Gasteiger partial charge in [-0.15, -0.1) is 0 Å². The van der Waals surface area contributed by atoms with Crippen molar-refractivity contribution < 1.29 is 8.83 Å². The predicted molar refractivity (Wildman–Crippen MR) is 265 cm³/mol. The SMILES string of the molecule is c1ccc(N(c2ccc(-c3cc4ccccc4c4ccccc34)cc2)c2ccc(-c3cccc4c3oc3ccccc34)cc2)c(-c2cccc3c2oc2cc4ccccc4cc23)c1. The van der Waals surface area contributed by atoms with Gasteiger partial charge in [-0.05, 0) is 104 Å². The molecule has 63 heavy (non-hydrogen) atoms. The maximum Gasteiger partial charge on any atom is 0.143 e. The molecule has 0 saturated heterocycles. The van der Waals surface area contributed by atoms with E-state index in [0.29, 0.717) is 0 Å². The van der Waals surface area contributed by atoms with Crippen molar-refractivity contribution in [2.75, 3.05) is 4.90 Å². The van der Waals surface area contributed by atoms with Crippen molar-refractivity contribution in [1.82, 2.24) is 0 Å². The molecule has 0 atom stereocenters. The molecule has 3 nitrogen and oxygen atoms in total. The highest BCUT2D eigenvalue weighted by Gasteiger charge is 2.22. The van der Waals surface area contributed by atoms with Gasteiger partial charge < -0.3 is 13.7 Å². The fourth-order valence-corrected chi connectivity index (χ4v) is 9.87. The van der Waals surface area contributed by atoms with Gasteiger partial charge in [-0.1, -0.05) is 170 Å². The van der Waals surface area contributed by atoms with Crippen LogP contribution >= 0.6 is 0 Å². The third-order valence-electron chi connectivity index (χ3n) is 12.8. The summed E-state index contributed by atoms with van der Waals surface area (Å²) in [6.07, 6.45) is 0. The van der Waals surface area contributed by atoms with Gasteiger partial charge in [0.25, 0.3) is 0 Å². The quantitative estimate of drug-likeness (QED) is 0.157. The minimum Gasteiger partial charge on any atom is -0.455 e. The number of fused-ring (bicyclic) bond motifs is 10. The van der Waals surface area contributed by atoms with Gasteiger partial charge in [0, 0.05) is 49.6 Å². The second kappa shape index (κ2) is 14.1. The van der Waals surface area contributed by atoms with E-state index in [9.17, 15) is 0 Å². The molecular weight excluding hydrogens is 767 g/mol. The number of rotatable bonds is 6. The number of hydrogen-bond acceptors (Lipinski definition) is 3. The summed E-state index contributed by atoms with van der Waals surface area (Å²) in [5.74, 6) is 0. The Labute approximate surface area is 363 Å². The molecule has 294 valence electrons. The van der Waals surface area contributed by atoms with Crippen molar-refractivity contribution in [2.45, 2.75) is 0 Å². The molecule has 0 aliphatic carbocycles. The minimum absolute atomic E-state index is 0.878. The first kappa shape index (κ1) is 35.4. The average Bonchev–Trinajstić information content (AvgIpc) is 3.92. The first-order chi connectivity index (χ1) is 31.2. The Balaban J connectivity index is 0.983. The summed E-state index contributed by atoms with van der Waals surface area (Å²) in [5.41, 5.74) is 13.4. The molecular formula is C60H37NO2. The maximum absolute atomic E-state index is 6.82. The van der Waals surface area contributed by atoms with E-state index in [0.717, 1.165) is 88.6 Å². The smallest absolute Gasteiger partial charge is 0.143 e. The Morgan fingerprint density at radius 1 is 0.270 bits per heavy atom. The summed E-state index contributed by atoms with van der Waals surface area (Å²) >= 11 is 0. The number of hydrogen-bond donors (Lipinski definition) is 0. The van der Waals surface area contributed by atoms with Crippen LogP contribution in [-0.2, 0) is 0 Å². The van der Waals surface area contributed by atoms with Crippen molar-refractivity contribution in [2.24, 2.45) is 0 Å². The van der Waals surface area contributed by atoms with Crippen LogP contribution in [0.15, 0.2) is 233 Å². The summed E-state index contributed by atoms with van der Waals surface area (Å²) in [4.78, 5) is 2.37. The standard InChI is InChI=1S/C60H37NO2/c1-2-14-41-37-58-55(35-40(41)13-1)53-24-12-22-51(60(53)63-58)49-19-7-9-25-56(49)61(43-31-27-38(28-32-43)46-21-11-23-52-50-20-8-10-26-57(50)62-59(46)52)44-33-29-39(30-34-44)54-36-42-15-3-4-16-45(42)47-17-5-6-18-48(47)54/h1-37H. The number of anilines is 3. The monoisotopic (exact) mass is 803 g/mol. The lowest BCUT2D eigenvalue weighted by Gasteiger charge is -2.28. The topological polar surface area (TPSA) is 29.5 Å². The van der Waals surface area contributed by atoms with Crippen molar-refractivity contribution in [3.8, 4) is 33.4 Å². The van der Waals surface area contributed by atoms with E-state index in [1.54, 1.807) is 0 Å². The van der Waals surface area contributed by atoms with Gasteiger partial charge in [0.1, 0.15) is 22.3 Å². The molecule has 0 saturated carbocycles. The van der Waals surface area contributed by atoms with E-state index in [1.165, 1.54) is 38.1 Å². The van der Waals surface area contributed by atoms with Gasteiger partial charge in [-0.25, -0.2) is 0 Å². The fourth-order valence-electron chi connectivity index (χ4n) is 9.87. The van der Waals surface area contributed by atoms with Gasteiger partial charge in [-0.3, -0.25) is 0 Å². The van der Waals surface area contributed by atoms with Crippen molar-refractivity contribution in [3.63, 3.8) is 0 Å². The number of para-hydroxylation sites is 4. The van der Waals surface area contributed by atoms with Crippen LogP contribution in [0, 0.1) is 0 Å². The molecule has 0 aliphatic rings. The highest BCUT2D eigenvalue weighted by molar-refractivity contribution is 6.15. The van der Waals surface area contributed by atoms with E-state index in [2.05, 4.69) is 217 Å². The van der Waals surface area contributed by atoms with E-state index >= 15 is 0 Å². The summed E-state index contributed by atoms with van der Waals surface area (Å²) in [7, 11) is 0. The molecule has 13 rings (SSSR count). The molecule has 2 heterocycles. The van der Waals surface area contributed by atoms with Crippen LogP contribution in [0.25, 0.3) is 110 Å². The predicted octanol–water partition coefficient (Wildman–Crippen LogP) is 17.4. The Bertz CT molecular complexity index is 3910. The van der Waals surface area contributed by atoms with Crippen LogP contribution in [0.5, 0.6) is 0 Å². The van der Waals surface area contributed by atoms with Gasteiger partial charge >= 0.3 is 0 Å². The highest BCUT2D eigenvalue weighted by Crippen LogP contribution is 2.46. The summed E-state index contributed by atoms with van der Waals surface area (Å²) < 4.78 is 13.3. The lowest BCUT2D eigenvalue weighted by atomic mass is 9.93. The molecule has 2 aromatic heterocycles. The summed E-state index contributed by atoms with van der Waals surface area (Å²) in [6, 6.07) is 80.5. The lowest BCUT2D eigenvalue weighted by Crippen LogP contribution is -2.11. The molecule has 0 amide bonds. The van der Waals surface area contributed by atoms with Crippen LogP contribution in [-0.4, -0.2) is 0 Å². The van der Waals surface area contributed by atoms with E-state index in [-0.39, 0.29) is 0 Å². The number of furan rings is 2. The van der Waals surface area contributed by atoms with Crippen molar-refractivity contribution >= 4 is 93.3 Å². The Morgan fingerprint density at radius 2 is 0.778 bits per heavy atom. The number of nitrogens with zero attached hydrogens (tertiary/aromatic N) is 1. The van der Waals surface area contributed by atoms with Gasteiger partial charge in [0.15, 0.2) is 0 Å². The van der Waals surface area contributed by atoms with E-state index in [4.69, 9.17) is 8.83 Å². The van der Waals surface area contributed by atoms with Crippen molar-refractivity contribution in [1.29, 1.82) is 0 Å².